The zero-order valence-corrected chi connectivity index (χ0v) is 8.12. The molecule has 0 unspecified atom stereocenters. The Hall–Kier alpha value is -1.29. The van der Waals surface area contributed by atoms with E-state index in [1.54, 1.807) is 6.08 Å². The van der Waals surface area contributed by atoms with Crippen molar-refractivity contribution in [2.75, 3.05) is 24.2 Å². The highest BCUT2D eigenvalue weighted by molar-refractivity contribution is 6.28. The quantitative estimate of drug-likeness (QED) is 0.588. The largest absolute Gasteiger partial charge is 0.394 e. The fourth-order valence-electron chi connectivity index (χ4n) is 0.947. The third-order valence-corrected chi connectivity index (χ3v) is 1.71. The summed E-state index contributed by atoms with van der Waals surface area (Å²) in [6.07, 6.45) is 3.25. The van der Waals surface area contributed by atoms with Crippen molar-refractivity contribution in [3.63, 3.8) is 0 Å². The maximum Gasteiger partial charge on any atom is 0.224 e. The van der Waals surface area contributed by atoms with E-state index in [9.17, 15) is 0 Å². The SMILES string of the molecule is C=CCN(C)c1nc(Cl)ncc1N. The second-order valence-corrected chi connectivity index (χ2v) is 2.93. The standard InChI is InChI=1S/C8H11ClN4/c1-3-4-13(2)7-6(10)5-11-8(9)12-7/h3,5H,1,4,10H2,2H3. The van der Waals surface area contributed by atoms with Crippen LogP contribution in [0.1, 0.15) is 0 Å². The maximum atomic E-state index is 5.66. The molecular weight excluding hydrogens is 188 g/mol. The first-order valence-corrected chi connectivity index (χ1v) is 4.13. The van der Waals surface area contributed by atoms with Gasteiger partial charge in [0.05, 0.1) is 11.9 Å². The van der Waals surface area contributed by atoms with Crippen molar-refractivity contribution in [2.24, 2.45) is 0 Å². The number of rotatable bonds is 3. The van der Waals surface area contributed by atoms with E-state index in [-0.39, 0.29) is 5.28 Å². The van der Waals surface area contributed by atoms with E-state index in [2.05, 4.69) is 16.5 Å². The summed E-state index contributed by atoms with van der Waals surface area (Å²) >= 11 is 5.63. The van der Waals surface area contributed by atoms with Gasteiger partial charge in [-0.15, -0.1) is 6.58 Å². The zero-order chi connectivity index (χ0) is 9.84. The molecule has 0 aliphatic carbocycles. The Morgan fingerprint density at radius 1 is 1.77 bits per heavy atom. The fourth-order valence-corrected chi connectivity index (χ4v) is 1.08. The molecule has 2 N–H and O–H groups in total. The smallest absolute Gasteiger partial charge is 0.224 e. The lowest BCUT2D eigenvalue weighted by molar-refractivity contribution is 0.979. The van der Waals surface area contributed by atoms with Crippen molar-refractivity contribution in [2.45, 2.75) is 0 Å². The summed E-state index contributed by atoms with van der Waals surface area (Å²) in [5.41, 5.74) is 6.17. The van der Waals surface area contributed by atoms with E-state index < -0.39 is 0 Å². The lowest BCUT2D eigenvalue weighted by Gasteiger charge is -2.17. The summed E-state index contributed by atoms with van der Waals surface area (Å²) in [5.74, 6) is 0.625. The van der Waals surface area contributed by atoms with Gasteiger partial charge in [0.15, 0.2) is 5.82 Å². The van der Waals surface area contributed by atoms with E-state index in [0.717, 1.165) is 0 Å². The highest BCUT2D eigenvalue weighted by atomic mass is 35.5. The number of anilines is 2. The summed E-state index contributed by atoms with van der Waals surface area (Å²) in [4.78, 5) is 9.60. The number of likely N-dealkylation sites (N-methyl/N-ethyl adjacent to an activating group) is 1. The molecule has 1 heterocycles. The van der Waals surface area contributed by atoms with Gasteiger partial charge in [0.1, 0.15) is 0 Å². The molecule has 0 fully saturated rings. The van der Waals surface area contributed by atoms with Crippen LogP contribution in [0.5, 0.6) is 0 Å². The first-order chi connectivity index (χ1) is 6.15. The number of hydrogen-bond donors (Lipinski definition) is 1. The average Bonchev–Trinajstić information content (AvgIpc) is 2.09. The molecule has 0 atom stereocenters. The molecule has 1 aromatic heterocycles. The van der Waals surface area contributed by atoms with Crippen LogP contribution in [-0.2, 0) is 0 Å². The summed E-state index contributed by atoms with van der Waals surface area (Å²) < 4.78 is 0. The van der Waals surface area contributed by atoms with Gasteiger partial charge >= 0.3 is 0 Å². The van der Waals surface area contributed by atoms with E-state index in [0.29, 0.717) is 18.1 Å². The fraction of sp³-hybridized carbons (Fsp3) is 0.250. The molecule has 0 aromatic carbocycles. The Bertz CT molecular complexity index is 313. The molecule has 1 aromatic rings. The van der Waals surface area contributed by atoms with Crippen LogP contribution in [-0.4, -0.2) is 23.6 Å². The van der Waals surface area contributed by atoms with Gasteiger partial charge in [0, 0.05) is 13.6 Å². The molecule has 0 aliphatic rings. The highest BCUT2D eigenvalue weighted by Gasteiger charge is 2.06. The summed E-state index contributed by atoms with van der Waals surface area (Å²) in [6.45, 7) is 4.28. The first-order valence-electron chi connectivity index (χ1n) is 3.75. The molecule has 70 valence electrons. The van der Waals surface area contributed by atoms with Crippen LogP contribution in [0.15, 0.2) is 18.9 Å². The van der Waals surface area contributed by atoms with Crippen LogP contribution in [0.4, 0.5) is 11.5 Å². The Morgan fingerprint density at radius 3 is 3.08 bits per heavy atom. The number of nitrogens with two attached hydrogens (primary N) is 1. The highest BCUT2D eigenvalue weighted by Crippen LogP contribution is 2.19. The van der Waals surface area contributed by atoms with E-state index in [1.165, 1.54) is 6.20 Å². The molecule has 4 nitrogen and oxygen atoms in total. The predicted molar refractivity (Wildman–Crippen MR) is 54.9 cm³/mol. The summed E-state index contributed by atoms with van der Waals surface area (Å²) in [7, 11) is 1.86. The third-order valence-electron chi connectivity index (χ3n) is 1.53. The van der Waals surface area contributed by atoms with Gasteiger partial charge in [-0.2, -0.15) is 4.98 Å². The van der Waals surface area contributed by atoms with Gasteiger partial charge in [0.25, 0.3) is 0 Å². The van der Waals surface area contributed by atoms with Gasteiger partial charge < -0.3 is 10.6 Å². The number of hydrogen-bond acceptors (Lipinski definition) is 4. The van der Waals surface area contributed by atoms with E-state index in [1.807, 2.05) is 11.9 Å². The van der Waals surface area contributed by atoms with Crippen molar-refractivity contribution in [1.82, 2.24) is 9.97 Å². The van der Waals surface area contributed by atoms with Crippen LogP contribution in [0.3, 0.4) is 0 Å². The monoisotopic (exact) mass is 198 g/mol. The molecule has 1 rings (SSSR count). The van der Waals surface area contributed by atoms with Crippen LogP contribution < -0.4 is 10.6 Å². The van der Waals surface area contributed by atoms with Crippen molar-refractivity contribution in [3.8, 4) is 0 Å². The molecule has 0 aliphatic heterocycles. The Morgan fingerprint density at radius 2 is 2.46 bits per heavy atom. The third kappa shape index (κ3) is 2.32. The number of halogens is 1. The Labute approximate surface area is 82.0 Å². The predicted octanol–water partition coefficient (Wildman–Crippen LogP) is 1.33. The number of aromatic nitrogens is 2. The minimum atomic E-state index is 0.195. The molecular formula is C8H11ClN4. The van der Waals surface area contributed by atoms with Crippen molar-refractivity contribution >= 4 is 23.1 Å². The average molecular weight is 199 g/mol. The molecule has 0 bridgehead atoms. The molecule has 13 heavy (non-hydrogen) atoms. The van der Waals surface area contributed by atoms with Gasteiger partial charge in [-0.25, -0.2) is 4.98 Å². The second kappa shape index (κ2) is 4.09. The Balaban J connectivity index is 2.97. The number of nitrogen functional groups attached to an aromatic ring is 1. The van der Waals surface area contributed by atoms with Gasteiger partial charge in [-0.05, 0) is 11.6 Å². The van der Waals surface area contributed by atoms with E-state index in [4.69, 9.17) is 17.3 Å². The molecule has 5 heteroatoms. The van der Waals surface area contributed by atoms with Gasteiger partial charge in [0.2, 0.25) is 5.28 Å². The lowest BCUT2D eigenvalue weighted by atomic mass is 10.4. The van der Waals surface area contributed by atoms with Crippen LogP contribution >= 0.6 is 11.6 Å². The normalized spacial score (nSPS) is 9.69. The zero-order valence-electron chi connectivity index (χ0n) is 7.37. The minimum absolute atomic E-state index is 0.195. The van der Waals surface area contributed by atoms with Gasteiger partial charge in [-0.3, -0.25) is 0 Å². The summed E-state index contributed by atoms with van der Waals surface area (Å²) in [5, 5.41) is 0.195. The van der Waals surface area contributed by atoms with Gasteiger partial charge in [-0.1, -0.05) is 6.08 Å². The van der Waals surface area contributed by atoms with Crippen molar-refractivity contribution in [1.29, 1.82) is 0 Å². The first kappa shape index (κ1) is 9.80. The minimum Gasteiger partial charge on any atom is -0.394 e. The molecule has 0 amide bonds. The van der Waals surface area contributed by atoms with Crippen molar-refractivity contribution in [3.05, 3.63) is 24.1 Å². The van der Waals surface area contributed by atoms with E-state index >= 15 is 0 Å². The van der Waals surface area contributed by atoms with Crippen molar-refractivity contribution < 1.29 is 0 Å². The Kier molecular flexibility index (Phi) is 3.08. The summed E-state index contributed by atoms with van der Waals surface area (Å²) in [6, 6.07) is 0. The van der Waals surface area contributed by atoms with Crippen LogP contribution in [0.25, 0.3) is 0 Å². The molecule has 0 spiro atoms. The van der Waals surface area contributed by atoms with Crippen LogP contribution in [0, 0.1) is 0 Å². The number of nitrogens with zero attached hydrogens (tertiary/aromatic N) is 3. The molecule has 0 saturated heterocycles. The molecule has 0 radical (unpaired) electrons. The molecule has 0 saturated carbocycles. The topological polar surface area (TPSA) is 55.0 Å². The van der Waals surface area contributed by atoms with Crippen LogP contribution in [0.2, 0.25) is 5.28 Å². The lowest BCUT2D eigenvalue weighted by Crippen LogP contribution is -2.19. The maximum absolute atomic E-state index is 5.66. The second-order valence-electron chi connectivity index (χ2n) is 2.59.